The molecule has 0 spiro atoms. The lowest BCUT2D eigenvalue weighted by atomic mass is 10.1. The van der Waals surface area contributed by atoms with E-state index in [2.05, 4.69) is 86.8 Å². The molecule has 384 valence electrons. The maximum Gasteiger partial charge on any atom is 0.472 e. The Kier molecular flexibility index (Phi) is 50.6. The van der Waals surface area contributed by atoms with Gasteiger partial charge in [-0.25, -0.2) is 4.57 Å². The zero-order valence-corrected chi connectivity index (χ0v) is 43.3. The monoisotopic (exact) mass is 949 g/mol. The summed E-state index contributed by atoms with van der Waals surface area (Å²) in [6.07, 6.45) is 64.4. The summed E-state index contributed by atoms with van der Waals surface area (Å²) in [7, 11) is -4.53. The van der Waals surface area contributed by atoms with Crippen molar-refractivity contribution in [2.24, 2.45) is 0 Å². The number of ether oxygens (including phenoxy) is 2. The van der Waals surface area contributed by atoms with Crippen LogP contribution in [0.15, 0.2) is 72.9 Å². The summed E-state index contributed by atoms with van der Waals surface area (Å²) in [6.45, 7) is 3.40. The Labute approximate surface area is 405 Å². The van der Waals surface area contributed by atoms with Crippen LogP contribution >= 0.6 is 7.82 Å². The fourth-order valence-corrected chi connectivity index (χ4v) is 8.11. The minimum absolute atomic E-state index is 0.0402. The van der Waals surface area contributed by atoms with Gasteiger partial charge in [0.1, 0.15) is 12.2 Å². The molecule has 9 nitrogen and oxygen atoms in total. The Hall–Kier alpha value is -2.10. The van der Waals surface area contributed by atoms with Crippen molar-refractivity contribution in [1.82, 2.24) is 0 Å². The van der Waals surface area contributed by atoms with Crippen LogP contribution in [-0.4, -0.2) is 66.3 Å². The molecule has 0 aliphatic heterocycles. The first-order valence-corrected chi connectivity index (χ1v) is 28.4. The van der Waals surface area contributed by atoms with Crippen LogP contribution in [0.1, 0.15) is 232 Å². The first-order chi connectivity index (χ1) is 32.3. The highest BCUT2D eigenvalue weighted by molar-refractivity contribution is 7.47. The second kappa shape index (κ2) is 52.3. The molecule has 0 saturated carbocycles. The van der Waals surface area contributed by atoms with Crippen LogP contribution in [0.3, 0.4) is 0 Å². The third kappa shape index (κ3) is 51.3. The molecule has 0 saturated heterocycles. The summed E-state index contributed by atoms with van der Waals surface area (Å²) in [5.74, 6) is -0.388. The molecule has 0 bridgehead atoms. The van der Waals surface area contributed by atoms with E-state index >= 15 is 0 Å². The van der Waals surface area contributed by atoms with Crippen molar-refractivity contribution in [3.63, 3.8) is 0 Å². The number of phosphoric ester groups is 1. The fourth-order valence-electron chi connectivity index (χ4n) is 7.32. The average molecular weight is 949 g/mol. The number of hydrogen-bond donors (Lipinski definition) is 3. The standard InChI is InChI=1S/C56H101O9P/c1-3-5-7-9-11-13-15-17-19-21-23-25-26-27-29-31-33-35-37-39-41-43-45-47-49-62-52-55(53-64-66(60,61)63-51-54(58)50-57)65-56(59)48-46-44-42-40-38-36-34-32-30-28-24-22-20-18-16-14-12-10-8-6-4-2/h5,7,11,13,17,19,22-25,27,29,54-55,57-58H,3-4,6,8-10,12,14-16,18,20-21,26,28,30-53H2,1-2H3,(H,60,61)/b7-5-,13-11-,19-17-,24-22-,25-23-,29-27-. The number of aliphatic hydroxyl groups is 2. The van der Waals surface area contributed by atoms with Gasteiger partial charge in [0, 0.05) is 13.0 Å². The van der Waals surface area contributed by atoms with E-state index in [0.29, 0.717) is 6.61 Å². The van der Waals surface area contributed by atoms with Gasteiger partial charge >= 0.3 is 13.8 Å². The maximum absolute atomic E-state index is 12.7. The van der Waals surface area contributed by atoms with Crippen molar-refractivity contribution < 1.29 is 43.0 Å². The summed E-state index contributed by atoms with van der Waals surface area (Å²) in [5, 5.41) is 18.4. The summed E-state index contributed by atoms with van der Waals surface area (Å²) in [5.41, 5.74) is 0. The lowest BCUT2D eigenvalue weighted by molar-refractivity contribution is -0.154. The first kappa shape index (κ1) is 63.9. The molecule has 0 amide bonds. The third-order valence-electron chi connectivity index (χ3n) is 11.4. The van der Waals surface area contributed by atoms with Crippen LogP contribution in [0.4, 0.5) is 0 Å². The molecule has 0 fully saturated rings. The van der Waals surface area contributed by atoms with E-state index < -0.39 is 33.2 Å². The normalized spacial score (nSPS) is 14.3. The van der Waals surface area contributed by atoms with Gasteiger partial charge in [0.15, 0.2) is 0 Å². The van der Waals surface area contributed by atoms with Crippen LogP contribution in [0.5, 0.6) is 0 Å². The number of unbranched alkanes of at least 4 members (excludes halogenated alkanes) is 25. The van der Waals surface area contributed by atoms with E-state index in [1.54, 1.807) is 0 Å². The molecule has 3 unspecified atom stereocenters. The molecule has 0 aliphatic carbocycles. The number of carbonyl (C=O) groups is 1. The Morgan fingerprint density at radius 1 is 0.485 bits per heavy atom. The van der Waals surface area contributed by atoms with Crippen LogP contribution in [0, 0.1) is 0 Å². The minimum Gasteiger partial charge on any atom is -0.457 e. The predicted octanol–water partition coefficient (Wildman–Crippen LogP) is 16.0. The van der Waals surface area contributed by atoms with Crippen LogP contribution in [-0.2, 0) is 27.9 Å². The van der Waals surface area contributed by atoms with E-state index in [4.69, 9.17) is 23.6 Å². The number of esters is 1. The fraction of sp³-hybridized carbons (Fsp3) is 0.768. The van der Waals surface area contributed by atoms with Gasteiger partial charge in [-0.2, -0.15) is 0 Å². The van der Waals surface area contributed by atoms with Crippen molar-refractivity contribution >= 4 is 13.8 Å². The van der Waals surface area contributed by atoms with Crippen molar-refractivity contribution in [3.05, 3.63) is 72.9 Å². The Morgan fingerprint density at radius 3 is 1.32 bits per heavy atom. The quantitative estimate of drug-likeness (QED) is 0.0236. The molecule has 0 aromatic rings. The van der Waals surface area contributed by atoms with Gasteiger partial charge in [-0.15, -0.1) is 0 Å². The highest BCUT2D eigenvalue weighted by atomic mass is 31.2. The molecule has 3 atom stereocenters. The number of allylic oxidation sites excluding steroid dienone is 12. The Bertz CT molecular complexity index is 1260. The van der Waals surface area contributed by atoms with E-state index in [-0.39, 0.29) is 25.6 Å². The molecule has 0 heterocycles. The summed E-state index contributed by atoms with van der Waals surface area (Å²) >= 11 is 0. The number of aliphatic hydroxyl groups excluding tert-OH is 2. The zero-order valence-electron chi connectivity index (χ0n) is 42.4. The molecule has 0 radical (unpaired) electrons. The van der Waals surface area contributed by atoms with Crippen LogP contribution in [0.2, 0.25) is 0 Å². The van der Waals surface area contributed by atoms with Gasteiger partial charge in [0.25, 0.3) is 0 Å². The van der Waals surface area contributed by atoms with Crippen molar-refractivity contribution in [3.8, 4) is 0 Å². The van der Waals surface area contributed by atoms with Gasteiger partial charge in [-0.3, -0.25) is 13.8 Å². The van der Waals surface area contributed by atoms with E-state index in [1.807, 2.05) is 0 Å². The lowest BCUT2D eigenvalue weighted by Crippen LogP contribution is -2.29. The lowest BCUT2D eigenvalue weighted by Gasteiger charge is -2.20. The Balaban J connectivity index is 4.08. The Morgan fingerprint density at radius 2 is 0.864 bits per heavy atom. The van der Waals surface area contributed by atoms with Crippen LogP contribution in [0.25, 0.3) is 0 Å². The summed E-state index contributed by atoms with van der Waals surface area (Å²) in [4.78, 5) is 22.7. The molecule has 0 rings (SSSR count). The van der Waals surface area contributed by atoms with Gasteiger partial charge in [0.05, 0.1) is 26.4 Å². The minimum atomic E-state index is -4.53. The molecule has 0 aromatic heterocycles. The molecular weight excluding hydrogens is 848 g/mol. The van der Waals surface area contributed by atoms with Gasteiger partial charge in [0.2, 0.25) is 0 Å². The highest BCUT2D eigenvalue weighted by Gasteiger charge is 2.26. The van der Waals surface area contributed by atoms with E-state index in [1.165, 1.54) is 135 Å². The maximum atomic E-state index is 12.7. The van der Waals surface area contributed by atoms with Crippen molar-refractivity contribution in [1.29, 1.82) is 0 Å². The molecule has 66 heavy (non-hydrogen) atoms. The zero-order chi connectivity index (χ0) is 48.1. The van der Waals surface area contributed by atoms with Crippen molar-refractivity contribution in [2.45, 2.75) is 244 Å². The molecule has 0 aliphatic rings. The second-order valence-corrected chi connectivity index (χ2v) is 19.3. The summed E-state index contributed by atoms with van der Waals surface area (Å²) in [6, 6.07) is 0. The molecule has 10 heteroatoms. The van der Waals surface area contributed by atoms with E-state index in [0.717, 1.165) is 77.0 Å². The second-order valence-electron chi connectivity index (χ2n) is 17.9. The number of carbonyl (C=O) groups excluding carboxylic acids is 1. The van der Waals surface area contributed by atoms with Crippen molar-refractivity contribution in [2.75, 3.05) is 33.0 Å². The molecular formula is C56H101O9P. The van der Waals surface area contributed by atoms with Gasteiger partial charge < -0.3 is 24.6 Å². The summed E-state index contributed by atoms with van der Waals surface area (Å²) < 4.78 is 33.6. The van der Waals surface area contributed by atoms with Gasteiger partial charge in [-0.1, -0.05) is 215 Å². The van der Waals surface area contributed by atoms with Crippen LogP contribution < -0.4 is 0 Å². The smallest absolute Gasteiger partial charge is 0.457 e. The number of hydrogen-bond acceptors (Lipinski definition) is 8. The third-order valence-corrected chi connectivity index (χ3v) is 12.3. The SMILES string of the molecule is CC/C=C\C/C=C\C/C=C\C/C=C\C/C=C\CCCCCCCCCCOCC(COP(=O)(O)OCC(O)CO)OC(=O)CCCCCCCCCCC/C=C\CCCCCCCCCC. The topological polar surface area (TPSA) is 132 Å². The first-order valence-electron chi connectivity index (χ1n) is 26.9. The average Bonchev–Trinajstić information content (AvgIpc) is 3.31. The highest BCUT2D eigenvalue weighted by Crippen LogP contribution is 2.43. The molecule has 0 aromatic carbocycles. The predicted molar refractivity (Wildman–Crippen MR) is 279 cm³/mol. The number of rotatable bonds is 51. The van der Waals surface area contributed by atoms with E-state index in [9.17, 15) is 19.4 Å². The van der Waals surface area contributed by atoms with Gasteiger partial charge in [-0.05, 0) is 83.5 Å². The largest absolute Gasteiger partial charge is 0.472 e. The number of phosphoric acid groups is 1. The molecule has 3 N–H and O–H groups in total.